The minimum Gasteiger partial charge on any atom is -0.322 e. The smallest absolute Gasteiger partial charge is 0.322 e. The molecule has 6 nitrogen and oxygen atoms in total. The van der Waals surface area contributed by atoms with E-state index in [0.29, 0.717) is 11.8 Å². The van der Waals surface area contributed by atoms with Gasteiger partial charge in [0, 0.05) is 48.6 Å². The highest BCUT2D eigenvalue weighted by atomic mass is 79.9. The fourth-order valence-corrected chi connectivity index (χ4v) is 2.36. The van der Waals surface area contributed by atoms with E-state index in [1.165, 1.54) is 0 Å². The number of aromatic nitrogens is 3. The van der Waals surface area contributed by atoms with Crippen molar-refractivity contribution in [2.45, 2.75) is 0 Å². The van der Waals surface area contributed by atoms with Crippen LogP contribution in [0.1, 0.15) is 0 Å². The second-order valence-corrected chi connectivity index (χ2v) is 5.50. The van der Waals surface area contributed by atoms with E-state index in [1.807, 2.05) is 6.07 Å². The molecule has 19 heavy (non-hydrogen) atoms. The maximum absolute atomic E-state index is 5.34. The number of hydrogen-bond acceptors (Lipinski definition) is 6. The second-order valence-electron chi connectivity index (χ2n) is 4.58. The van der Waals surface area contributed by atoms with Crippen LogP contribution >= 0.6 is 15.9 Å². The Kier molecular flexibility index (Phi) is 3.48. The van der Waals surface area contributed by atoms with Crippen LogP contribution in [0.2, 0.25) is 0 Å². The Balaban J connectivity index is 1.80. The van der Waals surface area contributed by atoms with Crippen molar-refractivity contribution in [2.75, 3.05) is 38.1 Å². The molecule has 1 saturated heterocycles. The zero-order valence-electron chi connectivity index (χ0n) is 10.6. The van der Waals surface area contributed by atoms with Crippen LogP contribution in [0, 0.1) is 0 Å². The molecule has 1 aliphatic heterocycles. The molecular weight excluding hydrogens is 310 g/mol. The standard InChI is InChI=1S/C12H14BrN5O/c1-17-2-4-18(5-3-17)12-15-11(16-19-12)9-6-10(13)8-14-7-9/h6-8H,2-5H2,1H3. The number of pyridine rings is 1. The minimum absolute atomic E-state index is 0.572. The van der Waals surface area contributed by atoms with E-state index in [-0.39, 0.29) is 0 Å². The van der Waals surface area contributed by atoms with Gasteiger partial charge >= 0.3 is 6.01 Å². The number of piperazine rings is 1. The molecular formula is C12H14BrN5O. The number of halogens is 1. The fraction of sp³-hybridized carbons (Fsp3) is 0.417. The van der Waals surface area contributed by atoms with E-state index in [9.17, 15) is 0 Å². The molecule has 2 aromatic rings. The van der Waals surface area contributed by atoms with Gasteiger partial charge in [0.2, 0.25) is 5.82 Å². The Hall–Kier alpha value is -1.47. The van der Waals surface area contributed by atoms with E-state index in [1.54, 1.807) is 12.4 Å². The first-order valence-electron chi connectivity index (χ1n) is 6.10. The molecule has 0 amide bonds. The van der Waals surface area contributed by atoms with E-state index in [2.05, 4.69) is 47.9 Å². The third-order valence-corrected chi connectivity index (χ3v) is 3.59. The van der Waals surface area contributed by atoms with Crippen molar-refractivity contribution in [3.8, 4) is 11.4 Å². The van der Waals surface area contributed by atoms with Crippen molar-refractivity contribution in [3.05, 3.63) is 22.9 Å². The Morgan fingerprint density at radius 2 is 2.00 bits per heavy atom. The van der Waals surface area contributed by atoms with Crippen molar-refractivity contribution in [1.82, 2.24) is 20.0 Å². The first-order chi connectivity index (χ1) is 9.22. The topological polar surface area (TPSA) is 58.3 Å². The summed E-state index contributed by atoms with van der Waals surface area (Å²) in [6.45, 7) is 3.84. The second kappa shape index (κ2) is 5.26. The molecule has 0 atom stereocenters. The Labute approximate surface area is 119 Å². The molecule has 0 spiro atoms. The number of hydrogen-bond donors (Lipinski definition) is 0. The summed E-state index contributed by atoms with van der Waals surface area (Å²) in [4.78, 5) is 12.9. The third kappa shape index (κ3) is 2.76. The average Bonchev–Trinajstić information content (AvgIpc) is 2.89. The highest BCUT2D eigenvalue weighted by Gasteiger charge is 2.20. The highest BCUT2D eigenvalue weighted by molar-refractivity contribution is 9.10. The maximum atomic E-state index is 5.34. The van der Waals surface area contributed by atoms with Crippen LogP contribution in [-0.2, 0) is 0 Å². The van der Waals surface area contributed by atoms with Gasteiger partial charge in [0.05, 0.1) is 0 Å². The van der Waals surface area contributed by atoms with Gasteiger partial charge in [-0.25, -0.2) is 0 Å². The maximum Gasteiger partial charge on any atom is 0.324 e. The van der Waals surface area contributed by atoms with Gasteiger partial charge < -0.3 is 14.3 Å². The number of rotatable bonds is 2. The molecule has 0 unspecified atom stereocenters. The van der Waals surface area contributed by atoms with Gasteiger partial charge in [-0.1, -0.05) is 5.16 Å². The summed E-state index contributed by atoms with van der Waals surface area (Å²) >= 11 is 3.38. The predicted molar refractivity (Wildman–Crippen MR) is 74.9 cm³/mol. The summed E-state index contributed by atoms with van der Waals surface area (Å²) in [5, 5.41) is 4.02. The lowest BCUT2D eigenvalue weighted by Gasteiger charge is -2.30. The number of nitrogens with zero attached hydrogens (tertiary/aromatic N) is 5. The van der Waals surface area contributed by atoms with E-state index < -0.39 is 0 Å². The van der Waals surface area contributed by atoms with Crippen LogP contribution in [0.25, 0.3) is 11.4 Å². The summed E-state index contributed by atoms with van der Waals surface area (Å²) < 4.78 is 6.24. The molecule has 100 valence electrons. The van der Waals surface area contributed by atoms with Crippen molar-refractivity contribution >= 4 is 21.9 Å². The molecule has 3 rings (SSSR count). The van der Waals surface area contributed by atoms with Gasteiger partial charge in [0.1, 0.15) is 0 Å². The van der Waals surface area contributed by atoms with Crippen molar-refractivity contribution in [1.29, 1.82) is 0 Å². The minimum atomic E-state index is 0.572. The van der Waals surface area contributed by atoms with Crippen molar-refractivity contribution < 1.29 is 4.52 Å². The predicted octanol–water partition coefficient (Wildman–Crippen LogP) is 1.65. The Morgan fingerprint density at radius 1 is 1.21 bits per heavy atom. The van der Waals surface area contributed by atoms with Crippen LogP contribution in [-0.4, -0.2) is 53.3 Å². The van der Waals surface area contributed by atoms with Gasteiger partial charge in [-0.15, -0.1) is 0 Å². The van der Waals surface area contributed by atoms with E-state index in [0.717, 1.165) is 36.2 Å². The van der Waals surface area contributed by atoms with Crippen LogP contribution in [0.5, 0.6) is 0 Å². The molecule has 0 saturated carbocycles. The van der Waals surface area contributed by atoms with Crippen LogP contribution in [0.3, 0.4) is 0 Å². The first kappa shape index (κ1) is 12.6. The summed E-state index contributed by atoms with van der Waals surface area (Å²) in [6, 6.07) is 2.51. The molecule has 0 N–H and O–H groups in total. The third-order valence-electron chi connectivity index (χ3n) is 3.15. The Bertz CT molecular complexity index is 565. The summed E-state index contributed by atoms with van der Waals surface area (Å²) in [5.41, 5.74) is 0.846. The van der Waals surface area contributed by atoms with Crippen molar-refractivity contribution in [2.24, 2.45) is 0 Å². The Morgan fingerprint density at radius 3 is 2.74 bits per heavy atom. The van der Waals surface area contributed by atoms with Gasteiger partial charge in [-0.2, -0.15) is 4.98 Å². The zero-order chi connectivity index (χ0) is 13.2. The molecule has 0 aromatic carbocycles. The first-order valence-corrected chi connectivity index (χ1v) is 6.90. The summed E-state index contributed by atoms with van der Waals surface area (Å²) in [6.07, 6.45) is 3.45. The summed E-state index contributed by atoms with van der Waals surface area (Å²) in [7, 11) is 2.11. The van der Waals surface area contributed by atoms with Crippen LogP contribution in [0.4, 0.5) is 6.01 Å². The molecule has 7 heteroatoms. The lowest BCUT2D eigenvalue weighted by atomic mass is 10.3. The van der Waals surface area contributed by atoms with Crippen LogP contribution in [0.15, 0.2) is 27.5 Å². The SMILES string of the molecule is CN1CCN(c2nc(-c3cncc(Br)c3)no2)CC1. The molecule has 1 fully saturated rings. The lowest BCUT2D eigenvalue weighted by Crippen LogP contribution is -2.44. The molecule has 0 bridgehead atoms. The van der Waals surface area contributed by atoms with Gasteiger partial charge in [0.25, 0.3) is 0 Å². The monoisotopic (exact) mass is 323 g/mol. The molecule has 1 aliphatic rings. The fourth-order valence-electron chi connectivity index (χ4n) is 1.99. The largest absolute Gasteiger partial charge is 0.324 e. The lowest BCUT2D eigenvalue weighted by molar-refractivity contribution is 0.298. The normalized spacial score (nSPS) is 16.8. The molecule has 2 aromatic heterocycles. The molecule has 0 aliphatic carbocycles. The van der Waals surface area contributed by atoms with Gasteiger partial charge in [-0.05, 0) is 29.0 Å². The van der Waals surface area contributed by atoms with Gasteiger partial charge in [0.15, 0.2) is 0 Å². The average molecular weight is 324 g/mol. The zero-order valence-corrected chi connectivity index (χ0v) is 12.2. The van der Waals surface area contributed by atoms with Gasteiger partial charge in [-0.3, -0.25) is 4.98 Å². The van der Waals surface area contributed by atoms with E-state index >= 15 is 0 Å². The number of likely N-dealkylation sites (N-methyl/N-ethyl adjacent to an activating group) is 1. The quantitative estimate of drug-likeness (QED) is 0.837. The summed E-state index contributed by atoms with van der Waals surface area (Å²) in [5.74, 6) is 0.572. The van der Waals surface area contributed by atoms with Crippen molar-refractivity contribution in [3.63, 3.8) is 0 Å². The molecule has 0 radical (unpaired) electrons. The number of anilines is 1. The van der Waals surface area contributed by atoms with Crippen LogP contribution < -0.4 is 4.90 Å². The van der Waals surface area contributed by atoms with E-state index in [4.69, 9.17) is 4.52 Å². The molecule has 3 heterocycles. The highest BCUT2D eigenvalue weighted by Crippen LogP contribution is 2.22.